The Kier molecular flexibility index (Phi) is 5.74. The summed E-state index contributed by atoms with van der Waals surface area (Å²) in [6.45, 7) is 7.90. The molecule has 0 spiro atoms. The smallest absolute Gasteiger partial charge is 0.308 e. The molecule has 0 saturated heterocycles. The number of carbonyl (C=O) groups excluding carboxylic acids is 1. The summed E-state index contributed by atoms with van der Waals surface area (Å²) in [4.78, 5) is 23.3. The molecule has 4 nitrogen and oxygen atoms in total. The highest BCUT2D eigenvalue weighted by Gasteiger charge is 2.19. The molecule has 1 atom stereocenters. The van der Waals surface area contributed by atoms with E-state index in [9.17, 15) is 9.59 Å². The number of carboxylic acids is 1. The van der Waals surface area contributed by atoms with Crippen LogP contribution < -0.4 is 5.32 Å². The van der Waals surface area contributed by atoms with Gasteiger partial charge in [0, 0.05) is 12.1 Å². The molecule has 0 heterocycles. The Hall–Kier alpha value is -1.84. The van der Waals surface area contributed by atoms with Crippen LogP contribution in [-0.4, -0.2) is 23.5 Å². The Morgan fingerprint density at radius 1 is 1.20 bits per heavy atom. The van der Waals surface area contributed by atoms with Crippen molar-refractivity contribution in [3.8, 4) is 0 Å². The Labute approximate surface area is 120 Å². The van der Waals surface area contributed by atoms with Crippen LogP contribution in [0, 0.1) is 26.7 Å². The number of carbonyl (C=O) groups is 2. The Balaban J connectivity index is 2.79. The van der Waals surface area contributed by atoms with Crippen LogP contribution >= 0.6 is 0 Å². The third kappa shape index (κ3) is 4.08. The van der Waals surface area contributed by atoms with Crippen LogP contribution in [0.4, 0.5) is 0 Å². The number of rotatable bonds is 6. The van der Waals surface area contributed by atoms with Gasteiger partial charge in [0.05, 0.1) is 5.92 Å². The van der Waals surface area contributed by atoms with Gasteiger partial charge < -0.3 is 10.4 Å². The molecule has 0 fully saturated rings. The van der Waals surface area contributed by atoms with E-state index in [1.807, 2.05) is 39.8 Å². The molecule has 4 heteroatoms. The lowest BCUT2D eigenvalue weighted by Gasteiger charge is -2.15. The molecule has 0 aliphatic heterocycles. The number of carboxylic acid groups (broad SMARTS) is 1. The van der Waals surface area contributed by atoms with Gasteiger partial charge in [0.15, 0.2) is 0 Å². The van der Waals surface area contributed by atoms with Gasteiger partial charge in [-0.3, -0.25) is 9.59 Å². The normalized spacial score (nSPS) is 12.0. The van der Waals surface area contributed by atoms with Crippen molar-refractivity contribution in [1.29, 1.82) is 0 Å². The summed E-state index contributed by atoms with van der Waals surface area (Å²) in [7, 11) is 0. The summed E-state index contributed by atoms with van der Waals surface area (Å²) < 4.78 is 0. The molecule has 1 unspecified atom stereocenters. The molecule has 0 saturated carbocycles. The number of benzene rings is 1. The SMILES string of the molecule is CCCC(CNC(=O)c1c(C)cc(C)cc1C)C(=O)O. The second-order valence-corrected chi connectivity index (χ2v) is 5.31. The van der Waals surface area contributed by atoms with Crippen LogP contribution in [0.25, 0.3) is 0 Å². The second kappa shape index (κ2) is 7.08. The molecule has 2 N–H and O–H groups in total. The highest BCUT2D eigenvalue weighted by molar-refractivity contribution is 5.97. The predicted molar refractivity (Wildman–Crippen MR) is 79.0 cm³/mol. The fraction of sp³-hybridized carbons (Fsp3) is 0.500. The van der Waals surface area contributed by atoms with Crippen molar-refractivity contribution in [2.75, 3.05) is 6.54 Å². The lowest BCUT2D eigenvalue weighted by atomic mass is 9.98. The summed E-state index contributed by atoms with van der Waals surface area (Å²) in [5.41, 5.74) is 3.60. The molecule has 0 radical (unpaired) electrons. The molecule has 0 aliphatic rings. The van der Waals surface area contributed by atoms with Crippen LogP contribution in [0.1, 0.15) is 46.8 Å². The fourth-order valence-electron chi connectivity index (χ4n) is 2.50. The third-order valence-corrected chi connectivity index (χ3v) is 3.40. The van der Waals surface area contributed by atoms with Crippen molar-refractivity contribution in [3.63, 3.8) is 0 Å². The number of aryl methyl sites for hydroxylation is 3. The summed E-state index contributed by atoms with van der Waals surface area (Å²) in [6.07, 6.45) is 1.36. The summed E-state index contributed by atoms with van der Waals surface area (Å²) >= 11 is 0. The average molecular weight is 277 g/mol. The van der Waals surface area contributed by atoms with E-state index in [0.29, 0.717) is 12.0 Å². The highest BCUT2D eigenvalue weighted by Crippen LogP contribution is 2.16. The molecule has 110 valence electrons. The zero-order valence-corrected chi connectivity index (χ0v) is 12.6. The first-order chi connectivity index (χ1) is 9.36. The average Bonchev–Trinajstić information content (AvgIpc) is 2.32. The largest absolute Gasteiger partial charge is 0.481 e. The Morgan fingerprint density at radius 2 is 1.75 bits per heavy atom. The third-order valence-electron chi connectivity index (χ3n) is 3.40. The number of aliphatic carboxylic acids is 1. The van der Waals surface area contributed by atoms with Crippen LogP contribution in [0.2, 0.25) is 0 Å². The van der Waals surface area contributed by atoms with Crippen molar-refractivity contribution < 1.29 is 14.7 Å². The first-order valence-corrected chi connectivity index (χ1v) is 6.95. The van der Waals surface area contributed by atoms with Gasteiger partial charge in [-0.15, -0.1) is 0 Å². The molecule has 1 aromatic carbocycles. The lowest BCUT2D eigenvalue weighted by Crippen LogP contribution is -2.33. The van der Waals surface area contributed by atoms with E-state index in [-0.39, 0.29) is 12.5 Å². The Bertz CT molecular complexity index is 485. The van der Waals surface area contributed by atoms with Crippen molar-refractivity contribution >= 4 is 11.9 Å². The minimum atomic E-state index is -0.857. The van der Waals surface area contributed by atoms with E-state index in [4.69, 9.17) is 5.11 Å². The molecule has 20 heavy (non-hydrogen) atoms. The predicted octanol–water partition coefficient (Wildman–Crippen LogP) is 2.84. The maximum atomic E-state index is 12.2. The van der Waals surface area contributed by atoms with Crippen LogP contribution in [0.3, 0.4) is 0 Å². The second-order valence-electron chi connectivity index (χ2n) is 5.31. The molecule has 0 aliphatic carbocycles. The first-order valence-electron chi connectivity index (χ1n) is 6.95. The monoisotopic (exact) mass is 277 g/mol. The van der Waals surface area contributed by atoms with Gasteiger partial charge in [-0.25, -0.2) is 0 Å². The topological polar surface area (TPSA) is 66.4 Å². The summed E-state index contributed by atoms with van der Waals surface area (Å²) in [6, 6.07) is 3.92. The lowest BCUT2D eigenvalue weighted by molar-refractivity contribution is -0.141. The zero-order chi connectivity index (χ0) is 15.3. The van der Waals surface area contributed by atoms with E-state index in [1.54, 1.807) is 0 Å². The maximum Gasteiger partial charge on any atom is 0.308 e. The number of hydrogen-bond acceptors (Lipinski definition) is 2. The van der Waals surface area contributed by atoms with E-state index >= 15 is 0 Å². The fourth-order valence-corrected chi connectivity index (χ4v) is 2.50. The molecule has 0 aromatic heterocycles. The van der Waals surface area contributed by atoms with Crippen molar-refractivity contribution in [2.24, 2.45) is 5.92 Å². The van der Waals surface area contributed by atoms with Gasteiger partial charge in [-0.2, -0.15) is 0 Å². The number of nitrogens with one attached hydrogen (secondary N) is 1. The highest BCUT2D eigenvalue weighted by atomic mass is 16.4. The van der Waals surface area contributed by atoms with E-state index in [2.05, 4.69) is 5.32 Å². The van der Waals surface area contributed by atoms with Gasteiger partial charge in [0.2, 0.25) is 0 Å². The zero-order valence-electron chi connectivity index (χ0n) is 12.6. The first kappa shape index (κ1) is 16.2. The molecule has 1 amide bonds. The molecular formula is C16H23NO3. The summed E-state index contributed by atoms with van der Waals surface area (Å²) in [5, 5.41) is 11.8. The Morgan fingerprint density at radius 3 is 2.20 bits per heavy atom. The van der Waals surface area contributed by atoms with Crippen LogP contribution in [0.5, 0.6) is 0 Å². The standard InChI is InChI=1S/C16H23NO3/c1-5-6-13(16(19)20)9-17-15(18)14-11(3)7-10(2)8-12(14)4/h7-8,13H,5-6,9H2,1-4H3,(H,17,18)(H,19,20). The molecule has 0 bridgehead atoms. The van der Waals surface area contributed by atoms with Gasteiger partial charge >= 0.3 is 5.97 Å². The van der Waals surface area contributed by atoms with Crippen LogP contribution in [-0.2, 0) is 4.79 Å². The number of hydrogen-bond donors (Lipinski definition) is 2. The van der Waals surface area contributed by atoms with E-state index < -0.39 is 11.9 Å². The van der Waals surface area contributed by atoms with Gasteiger partial charge in [0.25, 0.3) is 5.91 Å². The molecule has 1 aromatic rings. The summed E-state index contributed by atoms with van der Waals surface area (Å²) in [5.74, 6) is -1.57. The quantitative estimate of drug-likeness (QED) is 0.840. The van der Waals surface area contributed by atoms with E-state index in [0.717, 1.165) is 23.1 Å². The van der Waals surface area contributed by atoms with Gasteiger partial charge in [-0.05, 0) is 38.3 Å². The maximum absolute atomic E-state index is 12.2. The molecular weight excluding hydrogens is 254 g/mol. The van der Waals surface area contributed by atoms with Crippen molar-refractivity contribution in [1.82, 2.24) is 5.32 Å². The van der Waals surface area contributed by atoms with Gasteiger partial charge in [0.1, 0.15) is 0 Å². The minimum absolute atomic E-state index is 0.175. The molecule has 1 rings (SSSR count). The number of amides is 1. The van der Waals surface area contributed by atoms with Crippen molar-refractivity contribution in [2.45, 2.75) is 40.5 Å². The van der Waals surface area contributed by atoms with E-state index in [1.165, 1.54) is 0 Å². The van der Waals surface area contributed by atoms with Gasteiger partial charge in [-0.1, -0.05) is 31.0 Å². The minimum Gasteiger partial charge on any atom is -0.481 e. The van der Waals surface area contributed by atoms with Crippen molar-refractivity contribution in [3.05, 3.63) is 34.4 Å². The van der Waals surface area contributed by atoms with Crippen LogP contribution in [0.15, 0.2) is 12.1 Å².